The van der Waals surface area contributed by atoms with Crippen LogP contribution in [0.3, 0.4) is 0 Å². The van der Waals surface area contributed by atoms with Crippen molar-refractivity contribution >= 4 is 54.0 Å². The van der Waals surface area contributed by atoms with Crippen LogP contribution in [-0.2, 0) is 10.0 Å². The molecule has 0 aliphatic carbocycles. The molecule has 10 heteroatoms. The van der Waals surface area contributed by atoms with E-state index < -0.39 is 10.0 Å². The Labute approximate surface area is 171 Å². The molecule has 0 unspecified atom stereocenters. The first-order valence-corrected chi connectivity index (χ1v) is 11.0. The van der Waals surface area contributed by atoms with Gasteiger partial charge in [0, 0.05) is 11.4 Å². The third-order valence-electron chi connectivity index (χ3n) is 4.35. The fourth-order valence-corrected chi connectivity index (χ4v) is 4.21. The van der Waals surface area contributed by atoms with E-state index in [1.165, 1.54) is 29.8 Å². The fourth-order valence-electron chi connectivity index (χ4n) is 2.88. The molecule has 2 heterocycles. The molecule has 29 heavy (non-hydrogen) atoms. The van der Waals surface area contributed by atoms with Crippen LogP contribution < -0.4 is 15.8 Å². The predicted octanol–water partition coefficient (Wildman–Crippen LogP) is 3.84. The molecule has 4 N–H and O–H groups in total. The maximum Gasteiger partial charge on any atom is 0.238 e. The highest BCUT2D eigenvalue weighted by molar-refractivity contribution is 7.89. The number of benzene rings is 2. The zero-order valence-corrected chi connectivity index (χ0v) is 17.3. The Morgan fingerprint density at radius 1 is 0.966 bits per heavy atom. The van der Waals surface area contributed by atoms with Gasteiger partial charge in [-0.05, 0) is 49.2 Å². The van der Waals surface area contributed by atoms with Gasteiger partial charge >= 0.3 is 0 Å². The molecule has 0 aliphatic rings. The number of sulfonamides is 1. The van der Waals surface area contributed by atoms with Gasteiger partial charge in [-0.25, -0.2) is 28.5 Å². The minimum absolute atomic E-state index is 0.0460. The summed E-state index contributed by atoms with van der Waals surface area (Å²) >= 11 is 1.43. The number of fused-ring (bicyclic) bond motifs is 1. The number of aromatic nitrogens is 3. The predicted molar refractivity (Wildman–Crippen MR) is 116 cm³/mol. The number of para-hydroxylation sites is 1. The van der Waals surface area contributed by atoms with Crippen LogP contribution in [0.4, 0.5) is 22.3 Å². The van der Waals surface area contributed by atoms with Crippen LogP contribution in [0.1, 0.15) is 11.1 Å². The Hall–Kier alpha value is -3.08. The van der Waals surface area contributed by atoms with Crippen molar-refractivity contribution in [2.75, 3.05) is 10.6 Å². The lowest BCUT2D eigenvalue weighted by atomic mass is 10.1. The molecule has 0 fully saturated rings. The highest BCUT2D eigenvalue weighted by Crippen LogP contribution is 2.33. The third-order valence-corrected chi connectivity index (χ3v) is 6.16. The summed E-state index contributed by atoms with van der Waals surface area (Å²) in [6.45, 7) is 4.08. The molecule has 0 saturated carbocycles. The van der Waals surface area contributed by atoms with Crippen molar-refractivity contribution in [3.05, 3.63) is 59.9 Å². The van der Waals surface area contributed by atoms with Crippen molar-refractivity contribution in [1.29, 1.82) is 0 Å². The van der Waals surface area contributed by atoms with Crippen LogP contribution in [-0.4, -0.2) is 23.4 Å². The molecule has 0 atom stereocenters. The highest BCUT2D eigenvalue weighted by atomic mass is 32.2. The normalized spacial score (nSPS) is 11.6. The lowest BCUT2D eigenvalue weighted by Crippen LogP contribution is -2.11. The van der Waals surface area contributed by atoms with Gasteiger partial charge in [-0.1, -0.05) is 29.5 Å². The number of aryl methyl sites for hydroxylation is 2. The van der Waals surface area contributed by atoms with E-state index in [0.717, 1.165) is 21.6 Å². The Kier molecular flexibility index (Phi) is 4.91. The van der Waals surface area contributed by atoms with E-state index in [0.29, 0.717) is 22.2 Å². The van der Waals surface area contributed by atoms with Crippen LogP contribution >= 0.6 is 11.3 Å². The molecule has 0 aliphatic heterocycles. The first-order chi connectivity index (χ1) is 13.8. The molecular weight excluding hydrogens is 408 g/mol. The second kappa shape index (κ2) is 7.39. The second-order valence-corrected chi connectivity index (χ2v) is 9.02. The number of nitrogens with one attached hydrogen (secondary N) is 2. The number of thiazole rings is 1. The van der Waals surface area contributed by atoms with Gasteiger partial charge in [0.15, 0.2) is 15.8 Å². The summed E-state index contributed by atoms with van der Waals surface area (Å²) in [6, 6.07) is 12.2. The van der Waals surface area contributed by atoms with Gasteiger partial charge in [-0.3, -0.25) is 0 Å². The maximum absolute atomic E-state index is 11.4. The van der Waals surface area contributed by atoms with Crippen LogP contribution in [0.25, 0.3) is 10.3 Å². The van der Waals surface area contributed by atoms with Crippen molar-refractivity contribution in [2.45, 2.75) is 18.7 Å². The average Bonchev–Trinajstić information content (AvgIpc) is 3.08. The van der Waals surface area contributed by atoms with Crippen molar-refractivity contribution in [3.8, 4) is 0 Å². The Balaban J connectivity index is 1.64. The van der Waals surface area contributed by atoms with E-state index in [-0.39, 0.29) is 4.90 Å². The standard InChI is InChI=1S/C19H18N6O2S2/c1-11-4-3-5-12(2)15(11)24-19-25-16-17(21-10-22-18(16)28-19)23-13-6-8-14(9-7-13)29(20,26)27/h3-10H,1-2H3,(H,24,25)(H2,20,26,27)(H,21,22,23). The Morgan fingerprint density at radius 2 is 1.66 bits per heavy atom. The first kappa shape index (κ1) is 19.2. The molecule has 2 aromatic carbocycles. The third kappa shape index (κ3) is 4.04. The topological polar surface area (TPSA) is 123 Å². The lowest BCUT2D eigenvalue weighted by Gasteiger charge is -2.09. The van der Waals surface area contributed by atoms with Gasteiger partial charge in [0.2, 0.25) is 10.0 Å². The van der Waals surface area contributed by atoms with Gasteiger partial charge in [-0.2, -0.15) is 0 Å². The van der Waals surface area contributed by atoms with Crippen molar-refractivity contribution in [1.82, 2.24) is 15.0 Å². The lowest BCUT2D eigenvalue weighted by molar-refractivity contribution is 0.598. The largest absolute Gasteiger partial charge is 0.338 e. The van der Waals surface area contributed by atoms with Crippen LogP contribution in [0.5, 0.6) is 0 Å². The Bertz CT molecular complexity index is 1280. The molecule has 2 aromatic heterocycles. The van der Waals surface area contributed by atoms with E-state index in [4.69, 9.17) is 5.14 Å². The van der Waals surface area contributed by atoms with Crippen LogP contribution in [0, 0.1) is 13.8 Å². The van der Waals surface area contributed by atoms with Crippen molar-refractivity contribution in [3.63, 3.8) is 0 Å². The summed E-state index contributed by atoms with van der Waals surface area (Å²) in [5.74, 6) is 0.532. The molecule has 0 radical (unpaired) electrons. The van der Waals surface area contributed by atoms with Gasteiger partial charge < -0.3 is 10.6 Å². The SMILES string of the molecule is Cc1cccc(C)c1Nc1nc2c(Nc3ccc(S(N)(=O)=O)cc3)ncnc2s1. The number of hydrogen-bond donors (Lipinski definition) is 3. The van der Waals surface area contributed by atoms with Gasteiger partial charge in [0.05, 0.1) is 4.90 Å². The van der Waals surface area contributed by atoms with Gasteiger partial charge in [0.25, 0.3) is 0 Å². The molecule has 0 saturated heterocycles. The minimum Gasteiger partial charge on any atom is -0.338 e. The van der Waals surface area contributed by atoms with Gasteiger partial charge in [0.1, 0.15) is 11.8 Å². The molecule has 0 spiro atoms. The molecule has 0 amide bonds. The van der Waals surface area contributed by atoms with Crippen LogP contribution in [0.15, 0.2) is 53.7 Å². The Morgan fingerprint density at radius 3 is 2.31 bits per heavy atom. The quantitative estimate of drug-likeness (QED) is 0.443. The highest BCUT2D eigenvalue weighted by Gasteiger charge is 2.13. The van der Waals surface area contributed by atoms with Gasteiger partial charge in [-0.15, -0.1) is 0 Å². The first-order valence-electron chi connectivity index (χ1n) is 8.66. The number of hydrogen-bond acceptors (Lipinski definition) is 8. The minimum atomic E-state index is -3.73. The van der Waals surface area contributed by atoms with Crippen LogP contribution in [0.2, 0.25) is 0 Å². The fraction of sp³-hybridized carbons (Fsp3) is 0.105. The molecule has 0 bridgehead atoms. The number of nitrogens with zero attached hydrogens (tertiary/aromatic N) is 3. The van der Waals surface area contributed by atoms with E-state index in [1.807, 2.05) is 32.0 Å². The molecule has 4 aromatic rings. The summed E-state index contributed by atoms with van der Waals surface area (Å²) in [5.41, 5.74) is 4.57. The van der Waals surface area contributed by atoms with E-state index in [2.05, 4.69) is 25.6 Å². The number of anilines is 4. The van der Waals surface area contributed by atoms with E-state index in [9.17, 15) is 8.42 Å². The summed E-state index contributed by atoms with van der Waals surface area (Å²) in [6.07, 6.45) is 1.46. The zero-order valence-electron chi connectivity index (χ0n) is 15.7. The number of primary sulfonamides is 1. The smallest absolute Gasteiger partial charge is 0.238 e. The monoisotopic (exact) mass is 426 g/mol. The summed E-state index contributed by atoms with van der Waals surface area (Å²) in [5, 5.41) is 12.4. The summed E-state index contributed by atoms with van der Waals surface area (Å²) in [7, 11) is -3.73. The summed E-state index contributed by atoms with van der Waals surface area (Å²) < 4.78 is 22.8. The van der Waals surface area contributed by atoms with Crippen molar-refractivity contribution in [2.24, 2.45) is 5.14 Å². The average molecular weight is 427 g/mol. The van der Waals surface area contributed by atoms with E-state index in [1.54, 1.807) is 12.1 Å². The second-order valence-electron chi connectivity index (χ2n) is 6.48. The molecule has 148 valence electrons. The number of nitrogens with two attached hydrogens (primary N) is 1. The molecule has 8 nitrogen and oxygen atoms in total. The van der Waals surface area contributed by atoms with E-state index >= 15 is 0 Å². The molecular formula is C19H18N6O2S2. The molecule has 4 rings (SSSR count). The zero-order chi connectivity index (χ0) is 20.6. The summed E-state index contributed by atoms with van der Waals surface area (Å²) in [4.78, 5) is 14.0. The van der Waals surface area contributed by atoms with Crippen molar-refractivity contribution < 1.29 is 8.42 Å². The maximum atomic E-state index is 11.4. The number of rotatable bonds is 5.